The van der Waals surface area contributed by atoms with Gasteiger partial charge >= 0.3 is 5.97 Å². The SMILES string of the molecule is CCOC(=O)[C@H]1CS[C@H](CC(=O)Nc2ccccc2F)C(=O)N1. The summed E-state index contributed by atoms with van der Waals surface area (Å²) in [6.45, 7) is 1.93. The van der Waals surface area contributed by atoms with Crippen molar-refractivity contribution < 1.29 is 23.5 Å². The Kier molecular flexibility index (Phi) is 5.97. The normalized spacial score (nSPS) is 20.5. The van der Waals surface area contributed by atoms with E-state index in [1.807, 2.05) is 0 Å². The number of anilines is 1. The summed E-state index contributed by atoms with van der Waals surface area (Å²) in [5, 5.41) is 4.36. The summed E-state index contributed by atoms with van der Waals surface area (Å²) in [5.41, 5.74) is 0.0723. The minimum Gasteiger partial charge on any atom is -0.464 e. The smallest absolute Gasteiger partial charge is 0.329 e. The second kappa shape index (κ2) is 7.96. The highest BCUT2D eigenvalue weighted by Crippen LogP contribution is 2.22. The fourth-order valence-corrected chi connectivity index (χ4v) is 3.18. The number of carbonyl (C=O) groups excluding carboxylic acids is 3. The largest absolute Gasteiger partial charge is 0.464 e. The quantitative estimate of drug-likeness (QED) is 0.790. The van der Waals surface area contributed by atoms with Crippen LogP contribution in [0.5, 0.6) is 0 Å². The number of hydrogen-bond donors (Lipinski definition) is 2. The molecule has 1 aliphatic rings. The van der Waals surface area contributed by atoms with Crippen molar-refractivity contribution in [3.05, 3.63) is 30.1 Å². The maximum absolute atomic E-state index is 13.5. The molecule has 1 heterocycles. The van der Waals surface area contributed by atoms with E-state index >= 15 is 0 Å². The minimum atomic E-state index is -0.696. The fraction of sp³-hybridized carbons (Fsp3) is 0.400. The van der Waals surface area contributed by atoms with Gasteiger partial charge < -0.3 is 15.4 Å². The molecule has 0 spiro atoms. The van der Waals surface area contributed by atoms with Crippen molar-refractivity contribution in [1.82, 2.24) is 5.32 Å². The van der Waals surface area contributed by atoms with Crippen molar-refractivity contribution >= 4 is 35.2 Å². The average molecular weight is 340 g/mol. The first kappa shape index (κ1) is 17.3. The molecule has 0 unspecified atom stereocenters. The van der Waals surface area contributed by atoms with E-state index in [2.05, 4.69) is 10.6 Å². The first-order valence-corrected chi connectivity index (χ1v) is 8.19. The third-order valence-electron chi connectivity index (χ3n) is 3.16. The minimum absolute atomic E-state index is 0.0723. The van der Waals surface area contributed by atoms with Crippen molar-refractivity contribution in [3.8, 4) is 0 Å². The highest BCUT2D eigenvalue weighted by atomic mass is 32.2. The van der Waals surface area contributed by atoms with Gasteiger partial charge in [0, 0.05) is 12.2 Å². The van der Waals surface area contributed by atoms with E-state index < -0.39 is 34.9 Å². The lowest BCUT2D eigenvalue weighted by molar-refractivity contribution is -0.146. The molecular weight excluding hydrogens is 323 g/mol. The lowest BCUT2D eigenvalue weighted by atomic mass is 10.2. The molecule has 1 aliphatic heterocycles. The molecule has 124 valence electrons. The molecule has 23 heavy (non-hydrogen) atoms. The fourth-order valence-electron chi connectivity index (χ4n) is 2.05. The summed E-state index contributed by atoms with van der Waals surface area (Å²) in [5.74, 6) is -1.55. The zero-order valence-corrected chi connectivity index (χ0v) is 13.3. The first-order valence-electron chi connectivity index (χ1n) is 7.14. The number of rotatable bonds is 5. The van der Waals surface area contributed by atoms with Gasteiger partial charge in [-0.05, 0) is 19.1 Å². The number of nitrogens with one attached hydrogen (secondary N) is 2. The van der Waals surface area contributed by atoms with Crippen LogP contribution in [0.1, 0.15) is 13.3 Å². The summed E-state index contributed by atoms with van der Waals surface area (Å²) >= 11 is 1.21. The maximum Gasteiger partial charge on any atom is 0.329 e. The number of halogens is 1. The Bertz CT molecular complexity index is 611. The molecule has 0 bridgehead atoms. The van der Waals surface area contributed by atoms with E-state index in [-0.39, 0.29) is 18.7 Å². The van der Waals surface area contributed by atoms with Gasteiger partial charge in [0.25, 0.3) is 0 Å². The molecule has 0 radical (unpaired) electrons. The number of thioether (sulfide) groups is 1. The first-order chi connectivity index (χ1) is 11.0. The van der Waals surface area contributed by atoms with Crippen LogP contribution in [-0.2, 0) is 19.1 Å². The van der Waals surface area contributed by atoms with Gasteiger partial charge in [0.15, 0.2) is 0 Å². The second-order valence-electron chi connectivity index (χ2n) is 4.87. The van der Waals surface area contributed by atoms with E-state index in [0.717, 1.165) is 0 Å². The van der Waals surface area contributed by atoms with Gasteiger partial charge in [-0.15, -0.1) is 11.8 Å². The number of para-hydroxylation sites is 1. The summed E-state index contributed by atoms with van der Waals surface area (Å²) in [6, 6.07) is 5.10. The predicted molar refractivity (Wildman–Crippen MR) is 84.5 cm³/mol. The van der Waals surface area contributed by atoms with E-state index in [0.29, 0.717) is 5.75 Å². The highest BCUT2D eigenvalue weighted by molar-refractivity contribution is 8.00. The predicted octanol–water partition coefficient (Wildman–Crippen LogP) is 1.32. The Balaban J connectivity index is 1.87. The van der Waals surface area contributed by atoms with Gasteiger partial charge in [-0.1, -0.05) is 12.1 Å². The topological polar surface area (TPSA) is 84.5 Å². The Labute approximate surface area is 137 Å². The van der Waals surface area contributed by atoms with Gasteiger partial charge in [-0.25, -0.2) is 9.18 Å². The number of esters is 1. The zero-order chi connectivity index (χ0) is 16.8. The Morgan fingerprint density at radius 3 is 2.83 bits per heavy atom. The molecule has 6 nitrogen and oxygen atoms in total. The van der Waals surface area contributed by atoms with Crippen LogP contribution >= 0.6 is 11.8 Å². The van der Waals surface area contributed by atoms with Crippen LogP contribution in [-0.4, -0.2) is 41.4 Å². The number of carbonyl (C=O) groups is 3. The molecule has 1 saturated heterocycles. The van der Waals surface area contributed by atoms with Crippen LogP contribution in [0.25, 0.3) is 0 Å². The highest BCUT2D eigenvalue weighted by Gasteiger charge is 2.34. The van der Waals surface area contributed by atoms with Crippen LogP contribution in [0, 0.1) is 5.82 Å². The summed E-state index contributed by atoms with van der Waals surface area (Å²) in [6.07, 6.45) is -0.0968. The second-order valence-corrected chi connectivity index (χ2v) is 6.10. The Morgan fingerprint density at radius 1 is 1.43 bits per heavy atom. The lowest BCUT2D eigenvalue weighted by Gasteiger charge is -2.27. The summed E-state index contributed by atoms with van der Waals surface area (Å²) in [7, 11) is 0. The van der Waals surface area contributed by atoms with Gasteiger partial charge in [0.05, 0.1) is 17.5 Å². The summed E-state index contributed by atoms with van der Waals surface area (Å²) in [4.78, 5) is 35.5. The molecule has 2 atom stereocenters. The number of ether oxygens (including phenoxy) is 1. The van der Waals surface area contributed by atoms with E-state index in [1.54, 1.807) is 13.0 Å². The molecule has 0 aromatic heterocycles. The van der Waals surface area contributed by atoms with E-state index in [9.17, 15) is 18.8 Å². The van der Waals surface area contributed by atoms with Crippen molar-refractivity contribution in [2.24, 2.45) is 0 Å². The zero-order valence-electron chi connectivity index (χ0n) is 12.5. The molecule has 2 rings (SSSR count). The molecule has 8 heteroatoms. The number of benzene rings is 1. The van der Waals surface area contributed by atoms with Crippen LogP contribution in [0.4, 0.5) is 10.1 Å². The van der Waals surface area contributed by atoms with Gasteiger partial charge in [0.2, 0.25) is 11.8 Å². The van der Waals surface area contributed by atoms with Crippen molar-refractivity contribution in [3.63, 3.8) is 0 Å². The van der Waals surface area contributed by atoms with E-state index in [4.69, 9.17) is 4.74 Å². The van der Waals surface area contributed by atoms with Gasteiger partial charge in [0.1, 0.15) is 11.9 Å². The third kappa shape index (κ3) is 4.69. The average Bonchev–Trinajstić information content (AvgIpc) is 2.52. The van der Waals surface area contributed by atoms with Gasteiger partial charge in [-0.2, -0.15) is 0 Å². The van der Waals surface area contributed by atoms with Crippen molar-refractivity contribution in [1.29, 1.82) is 0 Å². The molecular formula is C15H17FN2O4S. The summed E-state index contributed by atoms with van der Waals surface area (Å²) < 4.78 is 18.3. The molecule has 1 fully saturated rings. The number of hydrogen-bond acceptors (Lipinski definition) is 5. The van der Waals surface area contributed by atoms with Crippen LogP contribution in [0.3, 0.4) is 0 Å². The van der Waals surface area contributed by atoms with E-state index in [1.165, 1.54) is 30.0 Å². The maximum atomic E-state index is 13.5. The third-order valence-corrected chi connectivity index (χ3v) is 4.47. The molecule has 2 N–H and O–H groups in total. The van der Waals surface area contributed by atoms with Crippen LogP contribution < -0.4 is 10.6 Å². The molecule has 2 amide bonds. The molecule has 0 saturated carbocycles. The van der Waals surface area contributed by atoms with Crippen LogP contribution in [0.2, 0.25) is 0 Å². The van der Waals surface area contributed by atoms with Crippen molar-refractivity contribution in [2.75, 3.05) is 17.7 Å². The van der Waals surface area contributed by atoms with Crippen molar-refractivity contribution in [2.45, 2.75) is 24.6 Å². The molecule has 0 aliphatic carbocycles. The number of amides is 2. The monoisotopic (exact) mass is 340 g/mol. The van der Waals surface area contributed by atoms with Crippen LogP contribution in [0.15, 0.2) is 24.3 Å². The Morgan fingerprint density at radius 2 is 2.17 bits per heavy atom. The standard InChI is InChI=1S/C15H17FN2O4S/c1-2-22-15(21)11-8-23-12(14(20)18-11)7-13(19)17-10-6-4-3-5-9(10)16/h3-6,11-12H,2,7-8H2,1H3,(H,17,19)(H,18,20)/t11-,12-/m1/s1. The van der Waals surface area contributed by atoms with Gasteiger partial charge in [-0.3, -0.25) is 9.59 Å². The Hall–Kier alpha value is -2.09. The lowest BCUT2D eigenvalue weighted by Crippen LogP contribution is -2.51. The molecule has 1 aromatic carbocycles. The molecule has 1 aromatic rings.